The van der Waals surface area contributed by atoms with Crippen molar-refractivity contribution in [3.05, 3.63) is 39.0 Å². The Morgan fingerprint density at radius 1 is 1.40 bits per heavy atom. The first kappa shape index (κ1) is 13.7. The molecule has 0 radical (unpaired) electrons. The van der Waals surface area contributed by atoms with Crippen molar-refractivity contribution < 1.29 is 9.90 Å². The van der Waals surface area contributed by atoms with Crippen molar-refractivity contribution in [1.29, 1.82) is 0 Å². The molecule has 1 unspecified atom stereocenters. The van der Waals surface area contributed by atoms with Crippen LogP contribution < -0.4 is 0 Å². The molecule has 0 fully saturated rings. The number of aryl methyl sites for hydroxylation is 1. The van der Waals surface area contributed by atoms with E-state index in [9.17, 15) is 9.90 Å². The Kier molecular flexibility index (Phi) is 3.35. The fraction of sp³-hybridized carbons (Fsp3) is 0.333. The van der Waals surface area contributed by atoms with E-state index in [1.165, 1.54) is 0 Å². The van der Waals surface area contributed by atoms with Gasteiger partial charge < -0.3 is 5.11 Å². The van der Waals surface area contributed by atoms with Crippen LogP contribution in [0.3, 0.4) is 0 Å². The zero-order valence-corrected chi connectivity index (χ0v) is 12.4. The number of nitrogens with zero attached hydrogens (tertiary/aromatic N) is 1. The molecule has 1 aliphatic carbocycles. The van der Waals surface area contributed by atoms with Gasteiger partial charge in [-0.2, -0.15) is 0 Å². The summed E-state index contributed by atoms with van der Waals surface area (Å²) in [6, 6.07) is 3.24. The van der Waals surface area contributed by atoms with E-state index in [-0.39, 0.29) is 0 Å². The zero-order chi connectivity index (χ0) is 14.4. The van der Waals surface area contributed by atoms with Crippen LogP contribution in [0.5, 0.6) is 0 Å². The van der Waals surface area contributed by atoms with Crippen molar-refractivity contribution in [1.82, 2.24) is 4.98 Å². The number of aromatic nitrogens is 1. The van der Waals surface area contributed by atoms with Crippen LogP contribution in [-0.4, -0.2) is 16.1 Å². The summed E-state index contributed by atoms with van der Waals surface area (Å²) in [6.45, 7) is 2.13. The zero-order valence-electron chi connectivity index (χ0n) is 10.9. The van der Waals surface area contributed by atoms with Crippen LogP contribution in [0, 0.1) is 5.92 Å². The van der Waals surface area contributed by atoms with Gasteiger partial charge in [0, 0.05) is 16.1 Å². The van der Waals surface area contributed by atoms with Crippen molar-refractivity contribution in [2.45, 2.75) is 26.2 Å². The van der Waals surface area contributed by atoms with Crippen molar-refractivity contribution in [3.8, 4) is 0 Å². The van der Waals surface area contributed by atoms with Crippen LogP contribution in [-0.2, 0) is 12.8 Å². The minimum absolute atomic E-state index is 0.306. The van der Waals surface area contributed by atoms with Crippen LogP contribution in [0.2, 0.25) is 10.0 Å². The average Bonchev–Trinajstić information content (AvgIpc) is 2.36. The number of halogens is 2. The van der Waals surface area contributed by atoms with Crippen LogP contribution in [0.15, 0.2) is 12.1 Å². The van der Waals surface area contributed by atoms with Gasteiger partial charge in [0.1, 0.15) is 0 Å². The lowest BCUT2D eigenvalue weighted by Crippen LogP contribution is -2.18. The monoisotopic (exact) mass is 309 g/mol. The molecule has 0 amide bonds. The molecule has 1 N–H and O–H groups in total. The Labute approximate surface area is 126 Å². The topological polar surface area (TPSA) is 50.2 Å². The first-order chi connectivity index (χ1) is 9.47. The Balaban J connectivity index is 2.42. The molecule has 0 bridgehead atoms. The van der Waals surface area contributed by atoms with E-state index < -0.39 is 5.97 Å². The normalized spacial score (nSPS) is 18.1. The van der Waals surface area contributed by atoms with E-state index in [4.69, 9.17) is 23.2 Å². The molecular weight excluding hydrogens is 297 g/mol. The molecule has 104 valence electrons. The van der Waals surface area contributed by atoms with Gasteiger partial charge >= 0.3 is 5.97 Å². The molecule has 5 heteroatoms. The predicted molar refractivity (Wildman–Crippen MR) is 79.9 cm³/mol. The lowest BCUT2D eigenvalue weighted by atomic mass is 9.84. The lowest BCUT2D eigenvalue weighted by Gasteiger charge is -2.23. The highest BCUT2D eigenvalue weighted by molar-refractivity contribution is 6.38. The van der Waals surface area contributed by atoms with E-state index in [0.717, 1.165) is 30.5 Å². The highest BCUT2D eigenvalue weighted by Crippen LogP contribution is 2.35. The molecule has 0 saturated carbocycles. The second-order valence-corrected chi connectivity index (χ2v) is 6.19. The molecule has 3 rings (SSSR count). The van der Waals surface area contributed by atoms with Crippen LogP contribution in [0.4, 0.5) is 0 Å². The molecule has 1 aromatic heterocycles. The van der Waals surface area contributed by atoms with Gasteiger partial charge in [-0.15, -0.1) is 0 Å². The minimum atomic E-state index is -0.943. The first-order valence-corrected chi connectivity index (χ1v) is 7.26. The highest BCUT2D eigenvalue weighted by Gasteiger charge is 2.26. The number of carbonyl (C=O) groups is 1. The average molecular weight is 310 g/mol. The molecule has 1 aromatic carbocycles. The van der Waals surface area contributed by atoms with E-state index in [2.05, 4.69) is 11.9 Å². The summed E-state index contributed by atoms with van der Waals surface area (Å²) in [7, 11) is 0. The van der Waals surface area contributed by atoms with Crippen LogP contribution >= 0.6 is 23.2 Å². The molecule has 1 aliphatic rings. The van der Waals surface area contributed by atoms with Crippen molar-refractivity contribution >= 4 is 40.1 Å². The van der Waals surface area contributed by atoms with Gasteiger partial charge in [-0.25, -0.2) is 4.79 Å². The maximum absolute atomic E-state index is 11.7. The third-order valence-electron chi connectivity index (χ3n) is 3.83. The second kappa shape index (κ2) is 4.90. The quantitative estimate of drug-likeness (QED) is 0.851. The van der Waals surface area contributed by atoms with Gasteiger partial charge in [-0.05, 0) is 42.9 Å². The molecule has 1 heterocycles. The summed E-state index contributed by atoms with van der Waals surface area (Å²) >= 11 is 12.2. The second-order valence-electron chi connectivity index (χ2n) is 5.35. The van der Waals surface area contributed by atoms with Crippen LogP contribution in [0.1, 0.15) is 35.0 Å². The lowest BCUT2D eigenvalue weighted by molar-refractivity contribution is 0.0697. The van der Waals surface area contributed by atoms with Gasteiger partial charge in [0.25, 0.3) is 0 Å². The van der Waals surface area contributed by atoms with Crippen molar-refractivity contribution in [3.63, 3.8) is 0 Å². The summed E-state index contributed by atoms with van der Waals surface area (Å²) in [4.78, 5) is 16.3. The number of rotatable bonds is 1. The number of pyridine rings is 1. The van der Waals surface area contributed by atoms with E-state index in [1.54, 1.807) is 12.1 Å². The molecular formula is C15H13Cl2NO2. The Hall–Kier alpha value is -1.32. The molecule has 20 heavy (non-hydrogen) atoms. The minimum Gasteiger partial charge on any atom is -0.478 e. The third kappa shape index (κ3) is 2.15. The fourth-order valence-corrected chi connectivity index (χ4v) is 3.42. The summed E-state index contributed by atoms with van der Waals surface area (Å²) in [5, 5.41) is 10.9. The number of carboxylic acid groups (broad SMARTS) is 1. The third-order valence-corrected chi connectivity index (χ3v) is 4.34. The summed E-state index contributed by atoms with van der Waals surface area (Å²) < 4.78 is 0. The van der Waals surface area contributed by atoms with Crippen molar-refractivity contribution in [2.75, 3.05) is 0 Å². The summed E-state index contributed by atoms with van der Waals surface area (Å²) in [5.74, 6) is -0.476. The van der Waals surface area contributed by atoms with Gasteiger partial charge in [-0.3, -0.25) is 4.98 Å². The molecule has 0 spiro atoms. The summed E-state index contributed by atoms with van der Waals surface area (Å²) in [5.41, 5.74) is 2.53. The smallest absolute Gasteiger partial charge is 0.336 e. The van der Waals surface area contributed by atoms with E-state index in [0.29, 0.717) is 32.4 Å². The van der Waals surface area contributed by atoms with Gasteiger partial charge in [0.05, 0.1) is 16.1 Å². The van der Waals surface area contributed by atoms with E-state index in [1.807, 2.05) is 0 Å². The maximum Gasteiger partial charge on any atom is 0.336 e. The summed E-state index contributed by atoms with van der Waals surface area (Å²) in [6.07, 6.45) is 2.56. The SMILES string of the molecule is CC1CCc2nc3c(Cl)cc(Cl)cc3c(C(=O)O)c2C1. The fourth-order valence-electron chi connectivity index (χ4n) is 2.88. The number of hydrogen-bond donors (Lipinski definition) is 1. The Morgan fingerprint density at radius 3 is 2.85 bits per heavy atom. The van der Waals surface area contributed by atoms with Gasteiger partial charge in [0.15, 0.2) is 0 Å². The van der Waals surface area contributed by atoms with Gasteiger partial charge in [0.2, 0.25) is 0 Å². The first-order valence-electron chi connectivity index (χ1n) is 6.51. The number of carboxylic acids is 1. The van der Waals surface area contributed by atoms with Crippen molar-refractivity contribution in [2.24, 2.45) is 5.92 Å². The van der Waals surface area contributed by atoms with E-state index >= 15 is 0 Å². The maximum atomic E-state index is 11.7. The largest absolute Gasteiger partial charge is 0.478 e. The molecule has 0 aliphatic heterocycles. The number of aromatic carboxylic acids is 1. The molecule has 2 aromatic rings. The number of hydrogen-bond acceptors (Lipinski definition) is 2. The number of fused-ring (bicyclic) bond motifs is 2. The number of benzene rings is 1. The Morgan fingerprint density at radius 2 is 2.15 bits per heavy atom. The molecule has 0 saturated heterocycles. The van der Waals surface area contributed by atoms with Gasteiger partial charge in [-0.1, -0.05) is 30.1 Å². The highest BCUT2D eigenvalue weighted by atomic mass is 35.5. The standard InChI is InChI=1S/C15H13Cl2NO2/c1-7-2-3-12-9(4-7)13(15(19)20)10-5-8(16)6-11(17)14(10)18-12/h5-7H,2-4H2,1H3,(H,19,20). The molecule has 3 nitrogen and oxygen atoms in total. The Bertz CT molecular complexity index is 728. The molecule has 1 atom stereocenters. The van der Waals surface area contributed by atoms with Crippen LogP contribution in [0.25, 0.3) is 10.9 Å². The predicted octanol–water partition coefficient (Wildman–Crippen LogP) is 4.36.